The second-order valence-corrected chi connectivity index (χ2v) is 8.74. The number of nitrogens with one attached hydrogen (secondary N) is 2. The molecule has 0 aliphatic carbocycles. The molecule has 3 rings (SSSR count). The number of hydrogen-bond donors (Lipinski definition) is 2. The fraction of sp³-hybridized carbons (Fsp3) is 0.217. The molecule has 0 aliphatic rings. The molecule has 0 saturated carbocycles. The van der Waals surface area contributed by atoms with Gasteiger partial charge in [-0.1, -0.05) is 45.0 Å². The highest BCUT2D eigenvalue weighted by atomic mass is 32.1. The van der Waals surface area contributed by atoms with E-state index >= 15 is 0 Å². The minimum Gasteiger partial charge on any atom is -0.340 e. The maximum Gasteiger partial charge on any atom is 0.252 e. The summed E-state index contributed by atoms with van der Waals surface area (Å²) in [6.07, 6.45) is 0. The lowest BCUT2D eigenvalue weighted by Gasteiger charge is -2.19. The third kappa shape index (κ3) is 5.29. The molecule has 0 bridgehead atoms. The predicted octanol–water partition coefficient (Wildman–Crippen LogP) is 5.39. The third-order valence-corrected chi connectivity index (χ3v) is 5.31. The topological polar surface area (TPSA) is 58.2 Å². The van der Waals surface area contributed by atoms with Crippen molar-refractivity contribution in [2.24, 2.45) is 5.41 Å². The van der Waals surface area contributed by atoms with Gasteiger partial charge in [0.2, 0.25) is 5.91 Å². The molecule has 0 spiro atoms. The van der Waals surface area contributed by atoms with Gasteiger partial charge >= 0.3 is 0 Å². The molecule has 0 saturated heterocycles. The molecular formula is C23H23FN2O2S. The maximum absolute atomic E-state index is 13.3. The van der Waals surface area contributed by atoms with Gasteiger partial charge in [0, 0.05) is 21.5 Å². The molecule has 1 heterocycles. The van der Waals surface area contributed by atoms with Crippen LogP contribution < -0.4 is 10.6 Å². The van der Waals surface area contributed by atoms with E-state index in [4.69, 9.17) is 0 Å². The Morgan fingerprint density at radius 1 is 1.00 bits per heavy atom. The molecule has 2 aromatic carbocycles. The number of carbonyl (C=O) groups is 2. The highest BCUT2D eigenvalue weighted by molar-refractivity contribution is 7.10. The fourth-order valence-corrected chi connectivity index (χ4v) is 3.50. The molecule has 1 atom stereocenters. The van der Waals surface area contributed by atoms with E-state index in [0.29, 0.717) is 11.3 Å². The van der Waals surface area contributed by atoms with Gasteiger partial charge in [0.15, 0.2) is 0 Å². The number of thiophene rings is 1. The normalized spacial score (nSPS) is 12.3. The molecule has 1 aromatic heterocycles. The summed E-state index contributed by atoms with van der Waals surface area (Å²) in [4.78, 5) is 26.1. The Kier molecular flexibility index (Phi) is 6.13. The van der Waals surface area contributed by atoms with Crippen LogP contribution in [-0.2, 0) is 4.79 Å². The molecule has 29 heavy (non-hydrogen) atoms. The number of hydrogen-bond acceptors (Lipinski definition) is 3. The maximum atomic E-state index is 13.3. The van der Waals surface area contributed by atoms with Crippen molar-refractivity contribution in [2.75, 3.05) is 5.32 Å². The number of anilines is 1. The van der Waals surface area contributed by atoms with Crippen molar-refractivity contribution in [3.8, 4) is 0 Å². The first kappa shape index (κ1) is 20.7. The summed E-state index contributed by atoms with van der Waals surface area (Å²) in [5.74, 6) is -0.732. The van der Waals surface area contributed by atoms with E-state index in [-0.39, 0.29) is 17.6 Å². The summed E-state index contributed by atoms with van der Waals surface area (Å²) >= 11 is 1.52. The van der Waals surface area contributed by atoms with E-state index in [1.807, 2.05) is 38.3 Å². The van der Waals surface area contributed by atoms with Gasteiger partial charge in [0.1, 0.15) is 5.82 Å². The van der Waals surface area contributed by atoms with Gasteiger partial charge in [-0.2, -0.15) is 0 Å². The van der Waals surface area contributed by atoms with E-state index in [9.17, 15) is 14.0 Å². The van der Waals surface area contributed by atoms with Crippen molar-refractivity contribution < 1.29 is 14.0 Å². The SMILES string of the molecule is CC(C)(C)C(=O)Nc1cccc(C(=O)NC(c2ccc(F)cc2)c2cccs2)c1. The molecule has 2 N–H and O–H groups in total. The van der Waals surface area contributed by atoms with Crippen molar-refractivity contribution in [1.29, 1.82) is 0 Å². The zero-order chi connectivity index (χ0) is 21.0. The van der Waals surface area contributed by atoms with Crippen LogP contribution in [0, 0.1) is 11.2 Å². The Morgan fingerprint density at radius 2 is 1.72 bits per heavy atom. The zero-order valence-corrected chi connectivity index (χ0v) is 17.3. The first-order valence-corrected chi connectivity index (χ1v) is 10.1. The summed E-state index contributed by atoms with van der Waals surface area (Å²) in [5.41, 5.74) is 1.25. The molecule has 1 unspecified atom stereocenters. The van der Waals surface area contributed by atoms with Crippen molar-refractivity contribution in [1.82, 2.24) is 5.32 Å². The number of halogens is 1. The largest absolute Gasteiger partial charge is 0.340 e. The standard InChI is InChI=1S/C23H23FN2O2S/c1-23(2,3)22(28)25-18-7-4-6-16(14-18)21(27)26-20(19-8-5-13-29-19)15-9-11-17(24)12-10-15/h4-14,20H,1-3H3,(H,25,28)(H,26,27). The molecule has 0 aliphatic heterocycles. The van der Waals surface area contributed by atoms with Gasteiger partial charge in [-0.15, -0.1) is 11.3 Å². The van der Waals surface area contributed by atoms with Crippen LogP contribution in [0.25, 0.3) is 0 Å². The van der Waals surface area contributed by atoms with E-state index in [1.165, 1.54) is 23.5 Å². The molecule has 6 heteroatoms. The minimum absolute atomic E-state index is 0.127. The second-order valence-electron chi connectivity index (χ2n) is 7.76. The lowest BCUT2D eigenvalue weighted by atomic mass is 9.95. The van der Waals surface area contributed by atoms with E-state index in [1.54, 1.807) is 36.4 Å². The Balaban J connectivity index is 1.82. The molecule has 0 fully saturated rings. The number of carbonyl (C=O) groups excluding carboxylic acids is 2. The van der Waals surface area contributed by atoms with Gasteiger partial charge in [-0.25, -0.2) is 4.39 Å². The highest BCUT2D eigenvalue weighted by Crippen LogP contribution is 2.27. The van der Waals surface area contributed by atoms with Crippen molar-refractivity contribution in [2.45, 2.75) is 26.8 Å². The number of benzene rings is 2. The van der Waals surface area contributed by atoms with Gasteiger partial charge in [-0.3, -0.25) is 9.59 Å². The molecule has 2 amide bonds. The van der Waals surface area contributed by atoms with Crippen LogP contribution in [0.2, 0.25) is 0 Å². The number of rotatable bonds is 5. The summed E-state index contributed by atoms with van der Waals surface area (Å²) in [7, 11) is 0. The summed E-state index contributed by atoms with van der Waals surface area (Å²) in [5, 5.41) is 7.79. The first-order valence-electron chi connectivity index (χ1n) is 9.25. The quantitative estimate of drug-likeness (QED) is 0.592. The monoisotopic (exact) mass is 410 g/mol. The number of amides is 2. The lowest BCUT2D eigenvalue weighted by Crippen LogP contribution is -2.29. The van der Waals surface area contributed by atoms with E-state index < -0.39 is 11.5 Å². The molecular weight excluding hydrogens is 387 g/mol. The third-order valence-electron chi connectivity index (χ3n) is 4.37. The molecule has 4 nitrogen and oxygen atoms in total. The van der Waals surface area contributed by atoms with Crippen LogP contribution in [0.5, 0.6) is 0 Å². The summed E-state index contributed by atoms with van der Waals surface area (Å²) in [6.45, 7) is 5.48. The van der Waals surface area contributed by atoms with Crippen LogP contribution in [0.3, 0.4) is 0 Å². The zero-order valence-electron chi connectivity index (χ0n) is 16.5. The van der Waals surface area contributed by atoms with Crippen LogP contribution in [0.1, 0.15) is 47.6 Å². The van der Waals surface area contributed by atoms with Crippen LogP contribution in [0.15, 0.2) is 66.0 Å². The van der Waals surface area contributed by atoms with Crippen molar-refractivity contribution in [3.05, 3.63) is 87.9 Å². The van der Waals surface area contributed by atoms with Gasteiger partial charge < -0.3 is 10.6 Å². The summed E-state index contributed by atoms with van der Waals surface area (Å²) < 4.78 is 13.3. The second kappa shape index (κ2) is 8.57. The average Bonchev–Trinajstić information content (AvgIpc) is 3.20. The van der Waals surface area contributed by atoms with Crippen molar-refractivity contribution in [3.63, 3.8) is 0 Å². The molecule has 150 valence electrons. The smallest absolute Gasteiger partial charge is 0.252 e. The Bertz CT molecular complexity index is 992. The first-order chi connectivity index (χ1) is 13.7. The Labute approximate surface area is 173 Å². The van der Waals surface area contributed by atoms with Crippen LogP contribution in [0.4, 0.5) is 10.1 Å². The van der Waals surface area contributed by atoms with Gasteiger partial charge in [-0.05, 0) is 47.3 Å². The average molecular weight is 411 g/mol. The fourth-order valence-electron chi connectivity index (χ4n) is 2.70. The van der Waals surface area contributed by atoms with Crippen molar-refractivity contribution >= 4 is 28.8 Å². The Hall–Kier alpha value is -2.99. The van der Waals surface area contributed by atoms with Gasteiger partial charge in [0.25, 0.3) is 5.91 Å². The van der Waals surface area contributed by atoms with E-state index in [2.05, 4.69) is 10.6 Å². The molecule has 0 radical (unpaired) electrons. The van der Waals surface area contributed by atoms with Crippen LogP contribution >= 0.6 is 11.3 Å². The predicted molar refractivity (Wildman–Crippen MR) is 115 cm³/mol. The highest BCUT2D eigenvalue weighted by Gasteiger charge is 2.22. The van der Waals surface area contributed by atoms with Crippen LogP contribution in [-0.4, -0.2) is 11.8 Å². The summed E-state index contributed by atoms with van der Waals surface area (Å²) in [6, 6.07) is 16.4. The molecule has 3 aromatic rings. The Morgan fingerprint density at radius 3 is 2.34 bits per heavy atom. The van der Waals surface area contributed by atoms with E-state index in [0.717, 1.165) is 10.4 Å². The van der Waals surface area contributed by atoms with Gasteiger partial charge in [0.05, 0.1) is 6.04 Å². The lowest BCUT2D eigenvalue weighted by molar-refractivity contribution is -0.123. The minimum atomic E-state index is -0.537.